The van der Waals surface area contributed by atoms with Crippen LogP contribution in [0.15, 0.2) is 33.2 Å². The molecule has 0 saturated carbocycles. The Kier molecular flexibility index (Phi) is 5.29. The number of phenolic OH excluding ortho intramolecular Hbond substituents is 1. The maximum Gasteiger partial charge on any atom is 0.312 e. The standard InChI is InChI=1S/C15H13N5O6/c1-8-10(7-16)14(23)19(4-5-21)15(24)13(8)18-17-9-2-3-12(22)11(6-9)20(25)26/h2-3,6,21-23H,4-5H2,1H3. The predicted molar refractivity (Wildman–Crippen MR) is 87.8 cm³/mol. The maximum absolute atomic E-state index is 12.4. The molecule has 0 fully saturated rings. The zero-order chi connectivity index (χ0) is 19.4. The van der Waals surface area contributed by atoms with E-state index in [9.17, 15) is 25.1 Å². The number of nitriles is 1. The monoisotopic (exact) mass is 359 g/mol. The van der Waals surface area contributed by atoms with E-state index in [4.69, 9.17) is 10.4 Å². The van der Waals surface area contributed by atoms with Gasteiger partial charge in [-0.3, -0.25) is 19.5 Å². The Balaban J connectivity index is 2.60. The van der Waals surface area contributed by atoms with E-state index in [1.54, 1.807) is 6.07 Å². The fraction of sp³-hybridized carbons (Fsp3) is 0.200. The number of hydrogen-bond donors (Lipinski definition) is 3. The van der Waals surface area contributed by atoms with Gasteiger partial charge in [-0.05, 0) is 19.1 Å². The molecule has 0 spiro atoms. The Hall–Kier alpha value is -3.78. The quantitative estimate of drug-likeness (QED) is 0.414. The molecule has 0 saturated heterocycles. The number of pyridine rings is 1. The van der Waals surface area contributed by atoms with Crippen LogP contribution < -0.4 is 5.56 Å². The summed E-state index contributed by atoms with van der Waals surface area (Å²) < 4.78 is 0.777. The first-order valence-corrected chi connectivity index (χ1v) is 7.18. The van der Waals surface area contributed by atoms with Crippen molar-refractivity contribution in [2.75, 3.05) is 6.61 Å². The summed E-state index contributed by atoms with van der Waals surface area (Å²) >= 11 is 0. The number of rotatable bonds is 5. The van der Waals surface area contributed by atoms with Crippen molar-refractivity contribution in [1.29, 1.82) is 5.26 Å². The Morgan fingerprint density at radius 2 is 2.04 bits per heavy atom. The molecule has 1 aromatic heterocycles. The number of nitrogens with zero attached hydrogens (tertiary/aromatic N) is 5. The summed E-state index contributed by atoms with van der Waals surface area (Å²) in [4.78, 5) is 22.4. The molecule has 0 radical (unpaired) electrons. The van der Waals surface area contributed by atoms with Crippen LogP contribution in [0.5, 0.6) is 11.6 Å². The minimum Gasteiger partial charge on any atom is -0.502 e. The van der Waals surface area contributed by atoms with Crippen molar-refractivity contribution in [2.45, 2.75) is 13.5 Å². The number of aliphatic hydroxyl groups excluding tert-OH is 1. The van der Waals surface area contributed by atoms with Gasteiger partial charge in [-0.25, -0.2) is 0 Å². The molecule has 0 atom stereocenters. The zero-order valence-corrected chi connectivity index (χ0v) is 13.4. The number of benzene rings is 1. The summed E-state index contributed by atoms with van der Waals surface area (Å²) in [5, 5.41) is 55.9. The largest absolute Gasteiger partial charge is 0.502 e. The summed E-state index contributed by atoms with van der Waals surface area (Å²) in [5.41, 5.74) is -1.77. The van der Waals surface area contributed by atoms with Crippen LogP contribution in [-0.2, 0) is 6.54 Å². The molecular weight excluding hydrogens is 346 g/mol. The van der Waals surface area contributed by atoms with E-state index in [-0.39, 0.29) is 29.0 Å². The van der Waals surface area contributed by atoms with Gasteiger partial charge in [0.05, 0.1) is 23.8 Å². The van der Waals surface area contributed by atoms with Crippen LogP contribution in [0.3, 0.4) is 0 Å². The Bertz CT molecular complexity index is 1010. The van der Waals surface area contributed by atoms with E-state index < -0.39 is 34.4 Å². The fourth-order valence-corrected chi connectivity index (χ4v) is 2.19. The van der Waals surface area contributed by atoms with Crippen LogP contribution in [0.2, 0.25) is 0 Å². The third kappa shape index (κ3) is 3.35. The molecule has 1 heterocycles. The zero-order valence-electron chi connectivity index (χ0n) is 13.4. The lowest BCUT2D eigenvalue weighted by atomic mass is 10.1. The smallest absolute Gasteiger partial charge is 0.312 e. The van der Waals surface area contributed by atoms with Crippen molar-refractivity contribution in [3.8, 4) is 17.7 Å². The van der Waals surface area contributed by atoms with Gasteiger partial charge in [-0.1, -0.05) is 0 Å². The molecule has 0 aliphatic carbocycles. The molecule has 11 heteroatoms. The number of nitro benzene ring substituents is 1. The summed E-state index contributed by atoms with van der Waals surface area (Å²) in [6, 6.07) is 5.01. The van der Waals surface area contributed by atoms with Crippen molar-refractivity contribution in [3.63, 3.8) is 0 Å². The molecule has 3 N–H and O–H groups in total. The Labute approximate surface area is 145 Å². The Morgan fingerprint density at radius 1 is 1.35 bits per heavy atom. The van der Waals surface area contributed by atoms with Crippen molar-refractivity contribution in [1.82, 2.24) is 4.57 Å². The van der Waals surface area contributed by atoms with Gasteiger partial charge in [-0.15, -0.1) is 5.11 Å². The molecule has 1 aromatic carbocycles. The van der Waals surface area contributed by atoms with Crippen LogP contribution >= 0.6 is 0 Å². The molecule has 0 amide bonds. The summed E-state index contributed by atoms with van der Waals surface area (Å²) in [6.07, 6.45) is 0. The van der Waals surface area contributed by atoms with Crippen LogP contribution in [0.1, 0.15) is 11.1 Å². The summed E-state index contributed by atoms with van der Waals surface area (Å²) in [5.74, 6) is -1.14. The van der Waals surface area contributed by atoms with E-state index in [0.717, 1.165) is 16.7 Å². The van der Waals surface area contributed by atoms with Gasteiger partial charge in [0.25, 0.3) is 5.56 Å². The molecule has 0 unspecified atom stereocenters. The van der Waals surface area contributed by atoms with Crippen molar-refractivity contribution in [3.05, 3.63) is 49.8 Å². The topological polar surface area (TPSA) is 174 Å². The Morgan fingerprint density at radius 3 is 2.62 bits per heavy atom. The second-order valence-corrected chi connectivity index (χ2v) is 5.09. The lowest BCUT2D eigenvalue weighted by molar-refractivity contribution is -0.385. The maximum atomic E-state index is 12.4. The molecular formula is C15H13N5O6. The van der Waals surface area contributed by atoms with E-state index >= 15 is 0 Å². The first-order valence-electron chi connectivity index (χ1n) is 7.18. The molecule has 2 rings (SSSR count). The molecule has 26 heavy (non-hydrogen) atoms. The first kappa shape index (κ1) is 18.6. The molecule has 0 aliphatic rings. The number of hydrogen-bond acceptors (Lipinski definition) is 9. The second kappa shape index (κ2) is 7.41. The molecule has 134 valence electrons. The van der Waals surface area contributed by atoms with Crippen molar-refractivity contribution < 1.29 is 20.2 Å². The highest BCUT2D eigenvalue weighted by Gasteiger charge is 2.19. The predicted octanol–water partition coefficient (Wildman–Crippen LogP) is 1.76. The highest BCUT2D eigenvalue weighted by atomic mass is 16.6. The van der Waals surface area contributed by atoms with Gasteiger partial charge in [0, 0.05) is 11.6 Å². The highest BCUT2D eigenvalue weighted by molar-refractivity contribution is 5.58. The van der Waals surface area contributed by atoms with Crippen LogP contribution in [0, 0.1) is 28.4 Å². The first-order chi connectivity index (χ1) is 12.3. The van der Waals surface area contributed by atoms with E-state index in [1.165, 1.54) is 13.0 Å². The highest BCUT2D eigenvalue weighted by Crippen LogP contribution is 2.31. The number of azo groups is 1. The fourth-order valence-electron chi connectivity index (χ4n) is 2.19. The lowest BCUT2D eigenvalue weighted by Gasteiger charge is -2.11. The second-order valence-electron chi connectivity index (χ2n) is 5.09. The molecule has 2 aromatic rings. The van der Waals surface area contributed by atoms with Gasteiger partial charge >= 0.3 is 5.69 Å². The van der Waals surface area contributed by atoms with E-state index in [2.05, 4.69) is 10.2 Å². The van der Waals surface area contributed by atoms with Crippen molar-refractivity contribution >= 4 is 17.1 Å². The minimum atomic E-state index is -0.803. The van der Waals surface area contributed by atoms with Crippen LogP contribution in [0.4, 0.5) is 17.1 Å². The normalized spacial score (nSPS) is 10.8. The number of aliphatic hydroxyl groups is 1. The van der Waals surface area contributed by atoms with Crippen LogP contribution in [0.25, 0.3) is 0 Å². The molecule has 11 nitrogen and oxygen atoms in total. The van der Waals surface area contributed by atoms with Gasteiger partial charge in [0.2, 0.25) is 5.88 Å². The van der Waals surface area contributed by atoms with Crippen molar-refractivity contribution in [2.24, 2.45) is 10.2 Å². The van der Waals surface area contributed by atoms with Gasteiger partial charge in [-0.2, -0.15) is 10.4 Å². The van der Waals surface area contributed by atoms with Crippen LogP contribution in [-0.4, -0.2) is 31.4 Å². The van der Waals surface area contributed by atoms with Gasteiger partial charge in [0.1, 0.15) is 11.6 Å². The summed E-state index contributed by atoms with van der Waals surface area (Å²) in [6.45, 7) is 0.672. The SMILES string of the molecule is Cc1c(C#N)c(O)n(CCO)c(=O)c1N=Nc1ccc(O)c([N+](=O)[O-])c1. The van der Waals surface area contributed by atoms with Gasteiger partial charge in [0.15, 0.2) is 11.4 Å². The average molecular weight is 359 g/mol. The van der Waals surface area contributed by atoms with E-state index in [0.29, 0.717) is 0 Å². The number of aromatic nitrogens is 1. The number of phenols is 1. The number of nitro groups is 1. The molecule has 0 bridgehead atoms. The third-order valence-corrected chi connectivity index (χ3v) is 3.51. The van der Waals surface area contributed by atoms with E-state index in [1.807, 2.05) is 0 Å². The minimum absolute atomic E-state index is 0.00593. The average Bonchev–Trinajstić information content (AvgIpc) is 2.60. The van der Waals surface area contributed by atoms with Gasteiger partial charge < -0.3 is 15.3 Å². The number of aromatic hydroxyl groups is 2. The third-order valence-electron chi connectivity index (χ3n) is 3.51. The lowest BCUT2D eigenvalue weighted by Crippen LogP contribution is -2.23. The summed E-state index contributed by atoms with van der Waals surface area (Å²) in [7, 11) is 0. The molecule has 0 aliphatic heterocycles.